The predicted molar refractivity (Wildman–Crippen MR) is 69.0 cm³/mol. The van der Waals surface area contributed by atoms with Gasteiger partial charge in [0.2, 0.25) is 0 Å². The topological polar surface area (TPSA) is 39.4 Å². The Morgan fingerprint density at radius 1 is 1.53 bits per heavy atom. The number of nitrogens with zero attached hydrogens (tertiary/aromatic N) is 3. The Balaban J connectivity index is 2.16. The Morgan fingerprint density at radius 3 is 3.18 bits per heavy atom. The van der Waals surface area contributed by atoms with Gasteiger partial charge in [0.25, 0.3) is 0 Å². The van der Waals surface area contributed by atoms with Gasteiger partial charge in [-0.1, -0.05) is 12.1 Å². The second kappa shape index (κ2) is 5.39. The molecule has 0 unspecified atom stereocenters. The van der Waals surface area contributed by atoms with E-state index in [4.69, 9.17) is 4.74 Å². The molecule has 1 aromatic carbocycles. The van der Waals surface area contributed by atoms with Crippen molar-refractivity contribution in [3.05, 3.63) is 42.2 Å². The highest BCUT2D eigenvalue weighted by Crippen LogP contribution is 2.15. The van der Waals surface area contributed by atoms with Crippen LogP contribution < -0.4 is 4.74 Å². The number of aromatic nitrogens is 2. The highest BCUT2D eigenvalue weighted by atomic mass is 32.1. The van der Waals surface area contributed by atoms with Crippen molar-refractivity contribution in [2.75, 3.05) is 7.11 Å². The molecule has 0 saturated heterocycles. The Labute approximate surface area is 105 Å². The van der Waals surface area contributed by atoms with Crippen LogP contribution in [0.3, 0.4) is 0 Å². The Morgan fingerprint density at radius 2 is 2.41 bits per heavy atom. The van der Waals surface area contributed by atoms with Gasteiger partial charge < -0.3 is 4.74 Å². The van der Waals surface area contributed by atoms with Gasteiger partial charge in [-0.2, -0.15) is 10.1 Å². The fourth-order valence-corrected chi connectivity index (χ4v) is 1.61. The van der Waals surface area contributed by atoms with Crippen LogP contribution in [0.4, 0.5) is 5.69 Å². The Bertz CT molecular complexity index is 558. The number of isothiocyanates is 1. The van der Waals surface area contributed by atoms with E-state index in [2.05, 4.69) is 27.5 Å². The molecule has 0 aliphatic carbocycles. The molecule has 2 rings (SSSR count). The summed E-state index contributed by atoms with van der Waals surface area (Å²) in [5.74, 6) is 0.840. The van der Waals surface area contributed by atoms with Crippen molar-refractivity contribution in [1.82, 2.24) is 9.78 Å². The first-order valence-electron chi connectivity index (χ1n) is 5.05. The highest BCUT2D eigenvalue weighted by Gasteiger charge is 1.99. The highest BCUT2D eigenvalue weighted by molar-refractivity contribution is 7.78. The van der Waals surface area contributed by atoms with E-state index in [9.17, 15) is 0 Å². The minimum Gasteiger partial charge on any atom is -0.497 e. The number of hydrogen-bond acceptors (Lipinski definition) is 4. The molecule has 0 N–H and O–H groups in total. The van der Waals surface area contributed by atoms with E-state index in [1.807, 2.05) is 30.5 Å². The van der Waals surface area contributed by atoms with Gasteiger partial charge in [-0.25, -0.2) is 0 Å². The van der Waals surface area contributed by atoms with Crippen LogP contribution >= 0.6 is 12.2 Å². The van der Waals surface area contributed by atoms with Gasteiger partial charge in [-0.3, -0.25) is 4.68 Å². The monoisotopic (exact) mass is 245 g/mol. The molecule has 0 bridgehead atoms. The first-order valence-corrected chi connectivity index (χ1v) is 5.46. The van der Waals surface area contributed by atoms with Gasteiger partial charge in [0.1, 0.15) is 11.4 Å². The molecule has 0 radical (unpaired) electrons. The summed E-state index contributed by atoms with van der Waals surface area (Å²) in [5, 5.41) is 6.50. The summed E-state index contributed by atoms with van der Waals surface area (Å²) in [5.41, 5.74) is 1.83. The minimum absolute atomic E-state index is 0.671. The van der Waals surface area contributed by atoms with Crippen molar-refractivity contribution >= 4 is 23.1 Å². The van der Waals surface area contributed by atoms with Crippen molar-refractivity contribution in [1.29, 1.82) is 0 Å². The SMILES string of the molecule is COc1cccc(Cn2cc(N=C=S)cn2)c1. The number of ether oxygens (including phenoxy) is 1. The normalized spacial score (nSPS) is 9.71. The molecule has 2 aromatic rings. The predicted octanol–water partition coefficient (Wildman–Crippen LogP) is 2.67. The lowest BCUT2D eigenvalue weighted by molar-refractivity contribution is 0.414. The summed E-state index contributed by atoms with van der Waals surface area (Å²) < 4.78 is 6.96. The quantitative estimate of drug-likeness (QED) is 0.614. The maximum Gasteiger partial charge on any atom is 0.119 e. The van der Waals surface area contributed by atoms with E-state index in [0.717, 1.165) is 11.3 Å². The van der Waals surface area contributed by atoms with Crippen molar-refractivity contribution < 1.29 is 4.74 Å². The second-order valence-corrected chi connectivity index (χ2v) is 3.63. The third-order valence-corrected chi connectivity index (χ3v) is 2.36. The van der Waals surface area contributed by atoms with Crippen LogP contribution in [-0.4, -0.2) is 22.1 Å². The van der Waals surface area contributed by atoms with Gasteiger partial charge >= 0.3 is 0 Å². The number of benzene rings is 1. The summed E-state index contributed by atoms with van der Waals surface area (Å²) in [6.07, 6.45) is 3.47. The zero-order valence-electron chi connectivity index (χ0n) is 9.33. The lowest BCUT2D eigenvalue weighted by atomic mass is 10.2. The lowest BCUT2D eigenvalue weighted by Gasteiger charge is -2.04. The van der Waals surface area contributed by atoms with Crippen molar-refractivity contribution in [3.63, 3.8) is 0 Å². The van der Waals surface area contributed by atoms with Crippen LogP contribution in [0.2, 0.25) is 0 Å². The molecule has 0 fully saturated rings. The average molecular weight is 245 g/mol. The smallest absolute Gasteiger partial charge is 0.119 e. The Kier molecular flexibility index (Phi) is 3.65. The number of aliphatic imine (C=N–C) groups is 1. The van der Waals surface area contributed by atoms with Crippen LogP contribution in [0.1, 0.15) is 5.56 Å². The zero-order valence-corrected chi connectivity index (χ0v) is 10.1. The van der Waals surface area contributed by atoms with Crippen LogP contribution in [0.5, 0.6) is 5.75 Å². The van der Waals surface area contributed by atoms with Gasteiger partial charge in [0, 0.05) is 0 Å². The van der Waals surface area contributed by atoms with Crippen molar-refractivity contribution in [3.8, 4) is 5.75 Å². The molecular formula is C12H11N3OS. The fraction of sp³-hybridized carbons (Fsp3) is 0.167. The number of rotatable bonds is 4. The second-order valence-electron chi connectivity index (χ2n) is 3.45. The third kappa shape index (κ3) is 3.00. The molecule has 0 atom stereocenters. The van der Waals surface area contributed by atoms with Gasteiger partial charge in [-0.05, 0) is 29.9 Å². The molecule has 4 nitrogen and oxygen atoms in total. The third-order valence-electron chi connectivity index (χ3n) is 2.27. The summed E-state index contributed by atoms with van der Waals surface area (Å²) in [6.45, 7) is 0.671. The first-order chi connectivity index (χ1) is 8.31. The van der Waals surface area contributed by atoms with Crippen molar-refractivity contribution in [2.24, 2.45) is 4.99 Å². The standard InChI is InChI=1S/C12H11N3OS/c1-16-12-4-2-3-10(5-12)7-15-8-11(6-14-15)13-9-17/h2-6,8H,7H2,1H3. The van der Waals surface area contributed by atoms with E-state index >= 15 is 0 Å². The van der Waals surface area contributed by atoms with E-state index in [-0.39, 0.29) is 0 Å². The van der Waals surface area contributed by atoms with Crippen LogP contribution in [0, 0.1) is 0 Å². The number of methoxy groups -OCH3 is 1. The van der Waals surface area contributed by atoms with E-state index in [0.29, 0.717) is 12.2 Å². The molecule has 17 heavy (non-hydrogen) atoms. The minimum atomic E-state index is 0.671. The van der Waals surface area contributed by atoms with E-state index < -0.39 is 0 Å². The fourth-order valence-electron chi connectivity index (χ4n) is 1.51. The van der Waals surface area contributed by atoms with E-state index in [1.54, 1.807) is 18.0 Å². The van der Waals surface area contributed by atoms with Crippen molar-refractivity contribution in [2.45, 2.75) is 6.54 Å². The Hall–Kier alpha value is -1.97. The first kappa shape index (κ1) is 11.5. The lowest BCUT2D eigenvalue weighted by Crippen LogP contribution is -1.99. The van der Waals surface area contributed by atoms with Gasteiger partial charge in [0.05, 0.1) is 31.2 Å². The largest absolute Gasteiger partial charge is 0.497 e. The summed E-state index contributed by atoms with van der Waals surface area (Å²) in [7, 11) is 1.65. The molecule has 0 spiro atoms. The maximum absolute atomic E-state index is 5.16. The maximum atomic E-state index is 5.16. The summed E-state index contributed by atoms with van der Waals surface area (Å²) in [6, 6.07) is 7.86. The average Bonchev–Trinajstić information content (AvgIpc) is 2.77. The van der Waals surface area contributed by atoms with Gasteiger partial charge in [0.15, 0.2) is 0 Å². The molecule has 1 aromatic heterocycles. The molecule has 0 aliphatic rings. The number of hydrogen-bond donors (Lipinski definition) is 0. The molecule has 1 heterocycles. The molecular weight excluding hydrogens is 234 g/mol. The molecule has 0 saturated carbocycles. The molecule has 86 valence electrons. The molecule has 0 aliphatic heterocycles. The summed E-state index contributed by atoms with van der Waals surface area (Å²) >= 11 is 4.54. The summed E-state index contributed by atoms with van der Waals surface area (Å²) in [4.78, 5) is 3.86. The van der Waals surface area contributed by atoms with Crippen LogP contribution in [0.25, 0.3) is 0 Å². The van der Waals surface area contributed by atoms with E-state index in [1.165, 1.54) is 0 Å². The molecule has 0 amide bonds. The van der Waals surface area contributed by atoms with Crippen LogP contribution in [0.15, 0.2) is 41.7 Å². The number of thiocarbonyl (C=S) groups is 1. The van der Waals surface area contributed by atoms with Crippen LogP contribution in [-0.2, 0) is 6.54 Å². The molecule has 5 heteroatoms. The van der Waals surface area contributed by atoms with Gasteiger partial charge in [-0.15, -0.1) is 0 Å². The zero-order chi connectivity index (χ0) is 12.1.